The van der Waals surface area contributed by atoms with Crippen molar-refractivity contribution in [2.75, 3.05) is 37.7 Å². The Labute approximate surface area is 227 Å². The van der Waals surface area contributed by atoms with Crippen LogP contribution < -0.4 is 20.7 Å². The number of carbonyl (C=O) groups is 1. The van der Waals surface area contributed by atoms with E-state index in [1.807, 2.05) is 0 Å². The molecule has 3 heterocycles. The Hall–Kier alpha value is -3.07. The smallest absolute Gasteiger partial charge is 0.459 e. The first kappa shape index (κ1) is 28.9. The van der Waals surface area contributed by atoms with E-state index in [4.69, 9.17) is 31.1 Å². The molecule has 17 heteroatoms. The van der Waals surface area contributed by atoms with Crippen LogP contribution in [0.25, 0.3) is 11.2 Å². The summed E-state index contributed by atoms with van der Waals surface area (Å²) in [5.74, 6) is -0.838. The van der Waals surface area contributed by atoms with Crippen LogP contribution in [-0.2, 0) is 23.4 Å². The molecule has 2 aromatic heterocycles. The van der Waals surface area contributed by atoms with Gasteiger partial charge in [-0.1, -0.05) is 18.2 Å². The number of carbonyl (C=O) groups excluding carboxylic acids is 1. The van der Waals surface area contributed by atoms with Gasteiger partial charge in [0.15, 0.2) is 29.4 Å². The predicted molar refractivity (Wildman–Crippen MR) is 139 cm³/mol. The molecular formula is C22H28ClFN7O7P. The molecular weight excluding hydrogens is 560 g/mol. The van der Waals surface area contributed by atoms with Gasteiger partial charge < -0.3 is 30.2 Å². The van der Waals surface area contributed by atoms with Gasteiger partial charge in [0.1, 0.15) is 23.5 Å². The lowest BCUT2D eigenvalue weighted by Crippen LogP contribution is -2.48. The van der Waals surface area contributed by atoms with E-state index in [0.29, 0.717) is 11.3 Å². The summed E-state index contributed by atoms with van der Waals surface area (Å²) in [6.07, 6.45) is -4.06. The highest BCUT2D eigenvalue weighted by Gasteiger charge is 2.57. The fourth-order valence-electron chi connectivity index (χ4n) is 3.96. The van der Waals surface area contributed by atoms with Crippen molar-refractivity contribution < 1.29 is 37.4 Å². The van der Waals surface area contributed by atoms with Crippen LogP contribution in [0.5, 0.6) is 5.75 Å². The Bertz CT molecular complexity index is 1370. The van der Waals surface area contributed by atoms with Crippen LogP contribution in [0.15, 0.2) is 36.7 Å². The van der Waals surface area contributed by atoms with Gasteiger partial charge in [-0.25, -0.2) is 13.9 Å². The number of nitrogens with two attached hydrogens (primary N) is 1. The SMILES string of the molecule is CNc1nc(N)nc2c1ncn2[C@@H]1O[C@](CCl)(COP(=O)(N[C@@H](C)C(=O)OC)Oc2ccccc2)[C@@H](O)[C@H]1F. The van der Waals surface area contributed by atoms with Crippen molar-refractivity contribution in [1.82, 2.24) is 24.6 Å². The first-order valence-corrected chi connectivity index (χ1v) is 13.7. The molecule has 1 aliphatic heterocycles. The number of nitrogens with zero attached hydrogens (tertiary/aromatic N) is 4. The van der Waals surface area contributed by atoms with E-state index in [0.717, 1.165) is 7.11 Å². The maximum atomic E-state index is 15.6. The van der Waals surface area contributed by atoms with Crippen molar-refractivity contribution in [3.63, 3.8) is 0 Å². The first-order valence-electron chi connectivity index (χ1n) is 11.6. The van der Waals surface area contributed by atoms with Crippen LogP contribution in [0.2, 0.25) is 0 Å². The normalized spacial score (nSPS) is 25.2. The number of benzene rings is 1. The average Bonchev–Trinajstić information content (AvgIpc) is 3.45. The number of fused-ring (bicyclic) bond motifs is 1. The number of aromatic nitrogens is 4. The van der Waals surface area contributed by atoms with E-state index in [9.17, 15) is 14.5 Å². The minimum absolute atomic E-state index is 0.0979. The molecule has 1 unspecified atom stereocenters. The van der Waals surface area contributed by atoms with Crippen molar-refractivity contribution >= 4 is 48.2 Å². The summed E-state index contributed by atoms with van der Waals surface area (Å²) < 4.78 is 52.3. The van der Waals surface area contributed by atoms with Crippen LogP contribution in [0.3, 0.4) is 0 Å². The number of alkyl halides is 2. The highest BCUT2D eigenvalue weighted by molar-refractivity contribution is 7.52. The van der Waals surface area contributed by atoms with Gasteiger partial charge in [-0.05, 0) is 19.1 Å². The van der Waals surface area contributed by atoms with Gasteiger partial charge in [-0.3, -0.25) is 13.9 Å². The molecule has 6 atom stereocenters. The van der Waals surface area contributed by atoms with E-state index in [2.05, 4.69) is 30.1 Å². The summed E-state index contributed by atoms with van der Waals surface area (Å²) in [5, 5.41) is 16.2. The lowest BCUT2D eigenvalue weighted by molar-refractivity contribution is -0.142. The summed E-state index contributed by atoms with van der Waals surface area (Å²) in [5.41, 5.74) is 4.33. The molecule has 0 amide bonds. The molecule has 14 nitrogen and oxygen atoms in total. The molecule has 1 fully saturated rings. The zero-order valence-electron chi connectivity index (χ0n) is 21.2. The molecule has 0 aliphatic carbocycles. The Morgan fingerprint density at radius 3 is 2.74 bits per heavy atom. The van der Waals surface area contributed by atoms with Crippen LogP contribution in [-0.4, -0.2) is 81.2 Å². The molecule has 0 bridgehead atoms. The van der Waals surface area contributed by atoms with Gasteiger partial charge in [-0.15, -0.1) is 11.6 Å². The summed E-state index contributed by atoms with van der Waals surface area (Å²) in [7, 11) is -1.58. The number of hydrogen-bond donors (Lipinski definition) is 4. The first-order chi connectivity index (χ1) is 18.6. The summed E-state index contributed by atoms with van der Waals surface area (Å²) in [6.45, 7) is 0.699. The maximum Gasteiger partial charge on any atom is 0.459 e. The van der Waals surface area contributed by atoms with E-state index < -0.39 is 56.3 Å². The average molecular weight is 588 g/mol. The Morgan fingerprint density at radius 2 is 2.10 bits per heavy atom. The van der Waals surface area contributed by atoms with Gasteiger partial charge in [0.25, 0.3) is 0 Å². The lowest BCUT2D eigenvalue weighted by atomic mass is 9.99. The monoisotopic (exact) mass is 587 g/mol. The molecule has 0 saturated carbocycles. The molecule has 0 radical (unpaired) electrons. The van der Waals surface area contributed by atoms with E-state index in [1.165, 1.54) is 30.0 Å². The van der Waals surface area contributed by atoms with E-state index >= 15 is 4.39 Å². The number of ether oxygens (including phenoxy) is 2. The number of aliphatic hydroxyl groups is 1. The zero-order chi connectivity index (χ0) is 28.4. The molecule has 1 saturated heterocycles. The maximum absolute atomic E-state index is 15.6. The number of rotatable bonds is 11. The highest BCUT2D eigenvalue weighted by atomic mass is 35.5. The van der Waals surface area contributed by atoms with Gasteiger partial charge in [0.05, 0.1) is 25.9 Å². The second kappa shape index (κ2) is 11.6. The van der Waals surface area contributed by atoms with Crippen molar-refractivity contribution in [2.45, 2.75) is 37.1 Å². The zero-order valence-corrected chi connectivity index (χ0v) is 22.8. The second-order valence-electron chi connectivity index (χ2n) is 8.65. The van der Waals surface area contributed by atoms with Crippen molar-refractivity contribution in [3.05, 3.63) is 36.7 Å². The molecule has 1 aromatic carbocycles. The predicted octanol–water partition coefficient (Wildman–Crippen LogP) is 2.01. The van der Waals surface area contributed by atoms with Crippen LogP contribution in [0, 0.1) is 0 Å². The van der Waals surface area contributed by atoms with Gasteiger partial charge in [-0.2, -0.15) is 15.1 Å². The number of aliphatic hydroxyl groups excluding tert-OH is 1. The number of nitrogen functional groups attached to an aromatic ring is 1. The largest absolute Gasteiger partial charge is 0.468 e. The molecule has 3 aromatic rings. The molecule has 5 N–H and O–H groups in total. The third kappa shape index (κ3) is 5.78. The number of esters is 1. The molecule has 39 heavy (non-hydrogen) atoms. The quantitative estimate of drug-likeness (QED) is 0.145. The third-order valence-corrected chi connectivity index (χ3v) is 8.07. The van der Waals surface area contributed by atoms with Crippen LogP contribution in [0.4, 0.5) is 16.2 Å². The number of methoxy groups -OCH3 is 1. The lowest BCUT2D eigenvalue weighted by Gasteiger charge is -2.31. The van der Waals surface area contributed by atoms with Crippen molar-refractivity contribution in [2.24, 2.45) is 0 Å². The van der Waals surface area contributed by atoms with Crippen molar-refractivity contribution in [1.29, 1.82) is 0 Å². The Balaban J connectivity index is 1.62. The molecule has 1 aliphatic rings. The fraction of sp³-hybridized carbons (Fsp3) is 0.455. The number of imidazole rings is 1. The number of hydrogen-bond acceptors (Lipinski definition) is 12. The third-order valence-electron chi connectivity index (χ3n) is 6.00. The molecule has 0 spiro atoms. The van der Waals surface area contributed by atoms with Gasteiger partial charge >= 0.3 is 13.7 Å². The van der Waals surface area contributed by atoms with E-state index in [-0.39, 0.29) is 17.3 Å². The number of halogens is 2. The van der Waals surface area contributed by atoms with Crippen LogP contribution >= 0.6 is 19.3 Å². The standard InChI is InChI=1S/C22H28ClFN7O7P/c1-12(20(33)35-3)30-39(34,38-13-7-5-4-6-8-13)36-10-22(9-23)16(32)14(24)19(37-22)31-11-27-15-17(26-2)28-21(25)29-18(15)31/h4-8,11-12,14,16,19,32H,9-10H2,1-3H3,(H,30,34)(H3,25,26,28,29)/t12-,14+,16-,19+,22+,39?/m0/s1. The summed E-state index contributed by atoms with van der Waals surface area (Å²) in [4.78, 5) is 24.4. The summed E-state index contributed by atoms with van der Waals surface area (Å²) in [6, 6.07) is 6.91. The fourth-order valence-corrected chi connectivity index (χ4v) is 5.81. The minimum atomic E-state index is -4.34. The number of nitrogens with one attached hydrogen (secondary N) is 2. The second-order valence-corrected chi connectivity index (χ2v) is 10.6. The van der Waals surface area contributed by atoms with Gasteiger partial charge in [0, 0.05) is 7.05 Å². The highest BCUT2D eigenvalue weighted by Crippen LogP contribution is 2.49. The van der Waals surface area contributed by atoms with Crippen molar-refractivity contribution in [3.8, 4) is 5.75 Å². The van der Waals surface area contributed by atoms with E-state index in [1.54, 1.807) is 25.2 Å². The topological polar surface area (TPSA) is 185 Å². The molecule has 4 rings (SSSR count). The number of anilines is 2. The summed E-state index contributed by atoms with van der Waals surface area (Å²) >= 11 is 6.17. The number of para-hydroxylation sites is 1. The van der Waals surface area contributed by atoms with Gasteiger partial charge in [0.2, 0.25) is 5.95 Å². The minimum Gasteiger partial charge on any atom is -0.468 e. The Kier molecular flexibility index (Phi) is 8.59. The Morgan fingerprint density at radius 1 is 1.38 bits per heavy atom. The molecule has 212 valence electrons. The van der Waals surface area contributed by atoms with Crippen LogP contribution in [0.1, 0.15) is 13.2 Å².